The molecule has 1 aliphatic carbocycles. The predicted octanol–water partition coefficient (Wildman–Crippen LogP) is 2.99. The van der Waals surface area contributed by atoms with Gasteiger partial charge in [-0.2, -0.15) is 0 Å². The molecule has 0 amide bonds. The van der Waals surface area contributed by atoms with Gasteiger partial charge in [0.2, 0.25) is 0 Å². The first-order valence-corrected chi connectivity index (χ1v) is 6.27. The van der Waals surface area contributed by atoms with Gasteiger partial charge in [0.05, 0.1) is 6.10 Å². The highest BCUT2D eigenvalue weighted by Crippen LogP contribution is 2.40. The second-order valence-electron chi connectivity index (χ2n) is 5.67. The zero-order valence-electron chi connectivity index (χ0n) is 10.5. The molecule has 1 aliphatic rings. The highest BCUT2D eigenvalue weighted by atomic mass is 16.5. The Morgan fingerprint density at radius 2 is 2.20 bits per heavy atom. The van der Waals surface area contributed by atoms with Gasteiger partial charge in [-0.15, -0.1) is 0 Å². The second-order valence-corrected chi connectivity index (χ2v) is 5.67. The van der Waals surface area contributed by atoms with Crippen molar-refractivity contribution in [2.45, 2.75) is 59.0 Å². The van der Waals surface area contributed by atoms with Crippen molar-refractivity contribution in [1.82, 2.24) is 0 Å². The van der Waals surface area contributed by atoms with Crippen LogP contribution in [-0.2, 0) is 4.74 Å². The number of ether oxygens (including phenoxy) is 1. The van der Waals surface area contributed by atoms with Crippen molar-refractivity contribution in [2.24, 2.45) is 11.3 Å². The molecule has 2 unspecified atom stereocenters. The number of hydrogen-bond acceptors (Lipinski definition) is 2. The highest BCUT2D eigenvalue weighted by Gasteiger charge is 2.31. The smallest absolute Gasteiger partial charge is 0.0575 e. The quantitative estimate of drug-likeness (QED) is 0.713. The van der Waals surface area contributed by atoms with E-state index >= 15 is 0 Å². The van der Waals surface area contributed by atoms with Crippen LogP contribution in [0.5, 0.6) is 0 Å². The summed E-state index contributed by atoms with van der Waals surface area (Å²) in [6.45, 7) is 7.85. The van der Waals surface area contributed by atoms with Crippen LogP contribution in [0.3, 0.4) is 0 Å². The lowest BCUT2D eigenvalue weighted by Gasteiger charge is -2.37. The van der Waals surface area contributed by atoms with E-state index in [9.17, 15) is 0 Å². The van der Waals surface area contributed by atoms with Crippen LogP contribution in [0.15, 0.2) is 0 Å². The molecule has 0 saturated heterocycles. The summed E-state index contributed by atoms with van der Waals surface area (Å²) in [6, 6.07) is 0. The lowest BCUT2D eigenvalue weighted by atomic mass is 9.71. The van der Waals surface area contributed by atoms with Crippen molar-refractivity contribution >= 4 is 0 Å². The molecule has 1 rings (SSSR count). The maximum absolute atomic E-state index is 8.69. The Bertz CT molecular complexity index is 177. The zero-order valence-corrected chi connectivity index (χ0v) is 10.5. The fraction of sp³-hybridized carbons (Fsp3) is 1.00. The number of rotatable bonds is 5. The van der Waals surface area contributed by atoms with Crippen molar-refractivity contribution in [3.8, 4) is 0 Å². The minimum atomic E-state index is 0.239. The third-order valence-corrected chi connectivity index (χ3v) is 3.59. The van der Waals surface area contributed by atoms with Gasteiger partial charge >= 0.3 is 0 Å². The number of aliphatic hydroxyl groups is 1. The van der Waals surface area contributed by atoms with Gasteiger partial charge in [0, 0.05) is 13.2 Å². The first kappa shape index (κ1) is 13.0. The molecular formula is C13H26O2. The number of aliphatic hydroxyl groups excluding tert-OH is 1. The molecule has 0 heterocycles. The second kappa shape index (κ2) is 5.86. The van der Waals surface area contributed by atoms with E-state index in [4.69, 9.17) is 9.84 Å². The third-order valence-electron chi connectivity index (χ3n) is 3.59. The summed E-state index contributed by atoms with van der Waals surface area (Å²) in [5.74, 6) is 0.715. The fourth-order valence-electron chi connectivity index (χ4n) is 2.63. The Hall–Kier alpha value is -0.0800. The zero-order chi connectivity index (χ0) is 11.3. The predicted molar refractivity (Wildman–Crippen MR) is 62.9 cm³/mol. The molecule has 0 aromatic heterocycles. The summed E-state index contributed by atoms with van der Waals surface area (Å²) in [6.07, 6.45) is 6.41. The van der Waals surface area contributed by atoms with Crippen LogP contribution in [0.1, 0.15) is 52.9 Å². The lowest BCUT2D eigenvalue weighted by Crippen LogP contribution is -2.31. The Morgan fingerprint density at radius 3 is 2.80 bits per heavy atom. The van der Waals surface area contributed by atoms with Gasteiger partial charge in [-0.25, -0.2) is 0 Å². The topological polar surface area (TPSA) is 29.5 Å². The molecule has 0 radical (unpaired) electrons. The highest BCUT2D eigenvalue weighted by molar-refractivity contribution is 4.82. The monoisotopic (exact) mass is 214 g/mol. The first-order chi connectivity index (χ1) is 7.05. The van der Waals surface area contributed by atoms with E-state index in [1.165, 1.54) is 25.7 Å². The molecule has 1 saturated carbocycles. The molecule has 90 valence electrons. The molecule has 0 bridgehead atoms. The largest absolute Gasteiger partial charge is 0.396 e. The van der Waals surface area contributed by atoms with Crippen LogP contribution in [0.4, 0.5) is 0 Å². The van der Waals surface area contributed by atoms with Crippen molar-refractivity contribution in [1.29, 1.82) is 0 Å². The van der Waals surface area contributed by atoms with Gasteiger partial charge in [-0.3, -0.25) is 0 Å². The van der Waals surface area contributed by atoms with E-state index in [1.54, 1.807) is 0 Å². The van der Waals surface area contributed by atoms with Crippen molar-refractivity contribution < 1.29 is 9.84 Å². The van der Waals surface area contributed by atoms with Crippen LogP contribution >= 0.6 is 0 Å². The molecule has 1 N–H and O–H groups in total. The van der Waals surface area contributed by atoms with E-state index in [-0.39, 0.29) is 6.61 Å². The maximum Gasteiger partial charge on any atom is 0.0575 e. The average Bonchev–Trinajstić information content (AvgIpc) is 2.16. The van der Waals surface area contributed by atoms with Crippen molar-refractivity contribution in [2.75, 3.05) is 13.2 Å². The molecule has 2 atom stereocenters. The molecule has 1 fully saturated rings. The Kier molecular flexibility index (Phi) is 5.07. The standard InChI is InChI=1S/C13H26O2/c1-11(15-9-5-8-14)12-6-4-7-13(2,3)10-12/h11-12,14H,4-10H2,1-3H3. The average molecular weight is 214 g/mol. The van der Waals surface area contributed by atoms with Gasteiger partial charge < -0.3 is 9.84 Å². The van der Waals surface area contributed by atoms with Crippen LogP contribution < -0.4 is 0 Å². The van der Waals surface area contributed by atoms with Crippen LogP contribution in [-0.4, -0.2) is 24.4 Å². The van der Waals surface area contributed by atoms with E-state index < -0.39 is 0 Å². The molecule has 0 spiro atoms. The Balaban J connectivity index is 2.29. The van der Waals surface area contributed by atoms with Crippen molar-refractivity contribution in [3.63, 3.8) is 0 Å². The van der Waals surface area contributed by atoms with Gasteiger partial charge in [0.25, 0.3) is 0 Å². The normalized spacial score (nSPS) is 27.6. The molecular weight excluding hydrogens is 188 g/mol. The molecule has 0 aliphatic heterocycles. The summed E-state index contributed by atoms with van der Waals surface area (Å²) in [5, 5.41) is 8.69. The maximum atomic E-state index is 8.69. The summed E-state index contributed by atoms with van der Waals surface area (Å²) in [4.78, 5) is 0. The molecule has 15 heavy (non-hydrogen) atoms. The van der Waals surface area contributed by atoms with Crippen LogP contribution in [0.25, 0.3) is 0 Å². The van der Waals surface area contributed by atoms with E-state index in [2.05, 4.69) is 20.8 Å². The molecule has 2 heteroatoms. The van der Waals surface area contributed by atoms with Crippen molar-refractivity contribution in [3.05, 3.63) is 0 Å². The summed E-state index contributed by atoms with van der Waals surface area (Å²) in [7, 11) is 0. The first-order valence-electron chi connectivity index (χ1n) is 6.27. The van der Waals surface area contributed by atoms with Gasteiger partial charge in [0.15, 0.2) is 0 Å². The van der Waals surface area contributed by atoms with Gasteiger partial charge in [-0.05, 0) is 43.9 Å². The van der Waals surface area contributed by atoms with E-state index in [0.29, 0.717) is 24.0 Å². The van der Waals surface area contributed by atoms with Gasteiger partial charge in [0.1, 0.15) is 0 Å². The minimum absolute atomic E-state index is 0.239. The van der Waals surface area contributed by atoms with Crippen LogP contribution in [0.2, 0.25) is 0 Å². The van der Waals surface area contributed by atoms with E-state index in [1.807, 2.05) is 0 Å². The summed E-state index contributed by atoms with van der Waals surface area (Å²) >= 11 is 0. The van der Waals surface area contributed by atoms with E-state index in [0.717, 1.165) is 6.42 Å². The summed E-state index contributed by atoms with van der Waals surface area (Å²) in [5.41, 5.74) is 0.498. The minimum Gasteiger partial charge on any atom is -0.396 e. The molecule has 2 nitrogen and oxygen atoms in total. The fourth-order valence-corrected chi connectivity index (χ4v) is 2.63. The molecule has 0 aromatic carbocycles. The Labute approximate surface area is 94.0 Å². The van der Waals surface area contributed by atoms with Gasteiger partial charge in [-0.1, -0.05) is 20.3 Å². The summed E-state index contributed by atoms with van der Waals surface area (Å²) < 4.78 is 5.76. The van der Waals surface area contributed by atoms with Crippen LogP contribution in [0, 0.1) is 11.3 Å². The lowest BCUT2D eigenvalue weighted by molar-refractivity contribution is -0.0109. The Morgan fingerprint density at radius 1 is 1.47 bits per heavy atom. The molecule has 0 aromatic rings. The number of hydrogen-bond donors (Lipinski definition) is 1. The SMILES string of the molecule is CC(OCCCO)C1CCCC(C)(C)C1. The third kappa shape index (κ3) is 4.52.